The number of hydrogen-bond donors (Lipinski definition) is 2. The van der Waals surface area contributed by atoms with Gasteiger partial charge in [0.15, 0.2) is 5.09 Å². The molecule has 1 aromatic heterocycles. The lowest BCUT2D eigenvalue weighted by atomic mass is 10.3. The molecule has 1 fully saturated rings. The lowest BCUT2D eigenvalue weighted by Gasteiger charge is -2.13. The Balaban J connectivity index is 1.41. The molecule has 1 aliphatic rings. The third-order valence-electron chi connectivity index (χ3n) is 4.57. The molecular weight excluding hydrogens is 466 g/mol. The number of methoxy groups -OCH3 is 1. The number of ether oxygens (including phenoxy) is 1. The van der Waals surface area contributed by atoms with Crippen LogP contribution in [0.3, 0.4) is 0 Å². The molecule has 0 unspecified atom stereocenters. The van der Waals surface area contributed by atoms with Crippen LogP contribution in [0.4, 0.5) is 10.5 Å². The molecule has 0 saturated carbocycles. The number of hydrogen-bond acceptors (Lipinski definition) is 6. The lowest BCUT2D eigenvalue weighted by Crippen LogP contribution is -2.38. The Hall–Kier alpha value is -3.69. The summed E-state index contributed by atoms with van der Waals surface area (Å²) in [6, 6.07) is 16.9. The van der Waals surface area contributed by atoms with Crippen LogP contribution in [-0.4, -0.2) is 36.4 Å². The smallest absolute Gasteiger partial charge is 0.329 e. The van der Waals surface area contributed by atoms with Crippen LogP contribution in [0.25, 0.3) is 6.08 Å². The van der Waals surface area contributed by atoms with Crippen LogP contribution < -0.4 is 15.4 Å². The Morgan fingerprint density at radius 2 is 1.91 bits per heavy atom. The van der Waals surface area contributed by atoms with E-state index in [1.165, 1.54) is 24.9 Å². The third-order valence-corrected chi connectivity index (χ3v) is 5.75. The van der Waals surface area contributed by atoms with Crippen LogP contribution >= 0.6 is 23.4 Å². The largest absolute Gasteiger partial charge is 0.495 e. The number of furan rings is 1. The first-order valence-electron chi connectivity index (χ1n) is 9.73. The molecule has 0 atom stereocenters. The molecule has 3 aromatic rings. The van der Waals surface area contributed by atoms with Gasteiger partial charge < -0.3 is 19.8 Å². The zero-order valence-corrected chi connectivity index (χ0v) is 18.9. The van der Waals surface area contributed by atoms with E-state index >= 15 is 0 Å². The first-order chi connectivity index (χ1) is 15.9. The maximum absolute atomic E-state index is 12.7. The minimum atomic E-state index is -0.691. The molecule has 1 saturated heterocycles. The van der Waals surface area contributed by atoms with Crippen LogP contribution in [0.5, 0.6) is 5.75 Å². The number of para-hydroxylation sites is 2. The number of carbonyl (C=O) groups is 3. The van der Waals surface area contributed by atoms with Gasteiger partial charge in [-0.1, -0.05) is 35.5 Å². The van der Waals surface area contributed by atoms with Gasteiger partial charge in [0, 0.05) is 16.0 Å². The molecule has 4 amide bonds. The summed E-state index contributed by atoms with van der Waals surface area (Å²) in [4.78, 5) is 39.1. The van der Waals surface area contributed by atoms with Gasteiger partial charge in [0.05, 0.1) is 12.8 Å². The van der Waals surface area contributed by atoms with Crippen LogP contribution in [-0.2, 0) is 9.59 Å². The summed E-state index contributed by atoms with van der Waals surface area (Å²) >= 11 is 7.28. The predicted molar refractivity (Wildman–Crippen MR) is 124 cm³/mol. The van der Waals surface area contributed by atoms with Crippen LogP contribution in [0, 0.1) is 0 Å². The molecular formula is C23H18ClN3O5S. The van der Waals surface area contributed by atoms with E-state index in [4.69, 9.17) is 20.8 Å². The fourth-order valence-corrected chi connectivity index (χ4v) is 3.93. The average molecular weight is 484 g/mol. The molecule has 1 aliphatic heterocycles. The number of amides is 4. The molecule has 4 rings (SSSR count). The number of benzene rings is 2. The average Bonchev–Trinajstić information content (AvgIpc) is 3.35. The van der Waals surface area contributed by atoms with Crippen molar-refractivity contribution >= 4 is 53.0 Å². The maximum Gasteiger partial charge on any atom is 0.329 e. The zero-order chi connectivity index (χ0) is 23.4. The molecule has 8 nitrogen and oxygen atoms in total. The topological polar surface area (TPSA) is 101 Å². The highest BCUT2D eigenvalue weighted by atomic mass is 35.5. The van der Waals surface area contributed by atoms with Gasteiger partial charge in [-0.3, -0.25) is 9.59 Å². The minimum absolute atomic E-state index is 0.0162. The quantitative estimate of drug-likeness (QED) is 0.375. The summed E-state index contributed by atoms with van der Waals surface area (Å²) in [5.74, 6) is -0.313. The lowest BCUT2D eigenvalue weighted by molar-refractivity contribution is -0.127. The van der Waals surface area contributed by atoms with Crippen LogP contribution in [0.15, 0.2) is 80.8 Å². The summed E-state index contributed by atoms with van der Waals surface area (Å²) < 4.78 is 10.9. The molecule has 0 radical (unpaired) electrons. The molecule has 2 aromatic carbocycles. The zero-order valence-electron chi connectivity index (χ0n) is 17.3. The molecule has 33 heavy (non-hydrogen) atoms. The number of rotatable bonds is 7. The van der Waals surface area contributed by atoms with Crippen molar-refractivity contribution in [2.24, 2.45) is 0 Å². The number of carbonyl (C=O) groups excluding carboxylic acids is 3. The number of nitrogens with one attached hydrogen (secondary N) is 2. The highest BCUT2D eigenvalue weighted by Gasteiger charge is 2.35. The Morgan fingerprint density at radius 3 is 2.67 bits per heavy atom. The summed E-state index contributed by atoms with van der Waals surface area (Å²) in [5, 5.41) is 6.35. The standard InChI is InChI=1S/C23H18ClN3O5S/c1-31-19-5-3-2-4-17(19)25-20(28)13-27-22(29)18(26-23(27)30)12-15-8-11-21(32-15)33-16-9-6-14(24)7-10-16/h2-12H,13H2,1H3,(H,25,28)(H,26,30)/b18-12+. The Kier molecular flexibility index (Phi) is 6.71. The van der Waals surface area contributed by atoms with Gasteiger partial charge in [-0.2, -0.15) is 0 Å². The second-order valence-electron chi connectivity index (χ2n) is 6.84. The maximum atomic E-state index is 12.7. The van der Waals surface area contributed by atoms with E-state index < -0.39 is 24.4 Å². The van der Waals surface area contributed by atoms with Crippen molar-refractivity contribution in [3.05, 3.63) is 77.1 Å². The summed E-state index contributed by atoms with van der Waals surface area (Å²) in [6.45, 7) is -0.449. The first kappa shape index (κ1) is 22.5. The SMILES string of the molecule is COc1ccccc1NC(=O)CN1C(=O)N/C(=C/c2ccc(Sc3ccc(Cl)cc3)o2)C1=O. The minimum Gasteiger partial charge on any atom is -0.495 e. The summed E-state index contributed by atoms with van der Waals surface area (Å²) in [5.41, 5.74) is 0.455. The van der Waals surface area contributed by atoms with E-state index in [9.17, 15) is 14.4 Å². The highest BCUT2D eigenvalue weighted by molar-refractivity contribution is 7.99. The normalized spacial score (nSPS) is 14.5. The van der Waals surface area contributed by atoms with Gasteiger partial charge in [0.1, 0.15) is 23.8 Å². The molecule has 0 aliphatic carbocycles. The van der Waals surface area contributed by atoms with Crippen LogP contribution in [0.2, 0.25) is 5.02 Å². The van der Waals surface area contributed by atoms with Crippen molar-refractivity contribution < 1.29 is 23.5 Å². The molecule has 168 valence electrons. The van der Waals surface area contributed by atoms with Crippen molar-refractivity contribution in [2.75, 3.05) is 19.0 Å². The number of urea groups is 1. The first-order valence-corrected chi connectivity index (χ1v) is 10.9. The number of halogens is 1. The highest BCUT2D eigenvalue weighted by Crippen LogP contribution is 2.31. The van der Waals surface area contributed by atoms with Crippen molar-refractivity contribution in [2.45, 2.75) is 9.99 Å². The molecule has 0 bridgehead atoms. The van der Waals surface area contributed by atoms with Crippen molar-refractivity contribution in [3.8, 4) is 5.75 Å². The molecule has 2 heterocycles. The number of imide groups is 1. The van der Waals surface area contributed by atoms with Gasteiger partial charge in [-0.05, 0) is 48.5 Å². The van der Waals surface area contributed by atoms with Crippen molar-refractivity contribution in [1.29, 1.82) is 0 Å². The Bertz CT molecular complexity index is 1240. The fourth-order valence-electron chi connectivity index (χ4n) is 3.02. The van der Waals surface area contributed by atoms with E-state index in [-0.39, 0.29) is 5.70 Å². The van der Waals surface area contributed by atoms with Gasteiger partial charge in [0.2, 0.25) is 5.91 Å². The molecule has 2 N–H and O–H groups in total. The second kappa shape index (κ2) is 9.85. The molecule has 10 heteroatoms. The van der Waals surface area contributed by atoms with Gasteiger partial charge >= 0.3 is 6.03 Å². The van der Waals surface area contributed by atoms with Gasteiger partial charge in [0.25, 0.3) is 5.91 Å². The monoisotopic (exact) mass is 483 g/mol. The second-order valence-corrected chi connectivity index (χ2v) is 8.36. The van der Waals surface area contributed by atoms with Crippen molar-refractivity contribution in [3.63, 3.8) is 0 Å². The Morgan fingerprint density at radius 1 is 1.15 bits per heavy atom. The van der Waals surface area contributed by atoms with E-state index in [1.54, 1.807) is 48.5 Å². The van der Waals surface area contributed by atoms with Gasteiger partial charge in [-0.15, -0.1) is 0 Å². The van der Waals surface area contributed by atoms with Crippen molar-refractivity contribution in [1.82, 2.24) is 10.2 Å². The van der Waals surface area contributed by atoms with Crippen LogP contribution in [0.1, 0.15) is 5.76 Å². The van der Waals surface area contributed by atoms with E-state index in [1.807, 2.05) is 12.1 Å². The van der Waals surface area contributed by atoms with E-state index in [0.717, 1.165) is 9.80 Å². The van der Waals surface area contributed by atoms with E-state index in [0.29, 0.717) is 27.3 Å². The van der Waals surface area contributed by atoms with Gasteiger partial charge in [-0.25, -0.2) is 9.69 Å². The summed E-state index contributed by atoms with van der Waals surface area (Å²) in [7, 11) is 1.48. The summed E-state index contributed by atoms with van der Waals surface area (Å²) in [6.07, 6.45) is 1.42. The number of nitrogens with zero attached hydrogens (tertiary/aromatic N) is 1. The number of anilines is 1. The molecule has 0 spiro atoms. The fraction of sp³-hybridized carbons (Fsp3) is 0.0870. The van der Waals surface area contributed by atoms with E-state index in [2.05, 4.69) is 10.6 Å². The Labute approximate surface area is 198 Å². The third kappa shape index (κ3) is 5.39. The predicted octanol–water partition coefficient (Wildman–Crippen LogP) is 4.62.